The van der Waals surface area contributed by atoms with E-state index in [0.717, 1.165) is 0 Å². The third-order valence-electron chi connectivity index (χ3n) is 2.27. The Bertz CT molecular complexity index is 445. The summed E-state index contributed by atoms with van der Waals surface area (Å²) in [5.41, 5.74) is 0.433. The van der Waals surface area contributed by atoms with Crippen molar-refractivity contribution in [3.8, 4) is 0 Å². The molecule has 1 unspecified atom stereocenters. The van der Waals surface area contributed by atoms with Crippen molar-refractivity contribution in [2.45, 2.75) is 12.5 Å². The van der Waals surface area contributed by atoms with Gasteiger partial charge in [-0.2, -0.15) is 0 Å². The Morgan fingerprint density at radius 2 is 2.31 bits per heavy atom. The topological polar surface area (TPSA) is 58.9 Å². The van der Waals surface area contributed by atoms with Gasteiger partial charge >= 0.3 is 5.97 Å². The molecule has 1 aliphatic rings. The predicted molar refractivity (Wildman–Crippen MR) is 54.8 cm³/mol. The molecule has 1 atom stereocenters. The van der Waals surface area contributed by atoms with Crippen molar-refractivity contribution in [1.29, 1.82) is 0 Å². The molecule has 2 rings (SSSR count). The highest BCUT2D eigenvalue weighted by Crippen LogP contribution is 2.25. The molecule has 0 radical (unpaired) electrons. The number of aliphatic carboxylic acids is 1. The van der Waals surface area contributed by atoms with E-state index in [-0.39, 0.29) is 24.7 Å². The van der Waals surface area contributed by atoms with Crippen molar-refractivity contribution in [2.24, 2.45) is 4.99 Å². The third kappa shape index (κ3) is 2.18. The van der Waals surface area contributed by atoms with Crippen LogP contribution in [0.5, 0.6) is 0 Å². The molecule has 0 aromatic heterocycles. The van der Waals surface area contributed by atoms with Crippen LogP contribution in [0, 0.1) is 5.82 Å². The molecule has 1 heterocycles. The van der Waals surface area contributed by atoms with Crippen LogP contribution in [-0.2, 0) is 9.53 Å². The SMILES string of the molecule is O=C(O)CC1=NC(c2ccccc2F)CO1. The van der Waals surface area contributed by atoms with E-state index in [2.05, 4.69) is 4.99 Å². The molecule has 0 bridgehead atoms. The summed E-state index contributed by atoms with van der Waals surface area (Å²) in [5, 5.41) is 8.55. The lowest BCUT2D eigenvalue weighted by atomic mass is 10.1. The molecule has 0 fully saturated rings. The van der Waals surface area contributed by atoms with Gasteiger partial charge in [-0.25, -0.2) is 9.38 Å². The maximum absolute atomic E-state index is 13.4. The second kappa shape index (κ2) is 4.30. The maximum atomic E-state index is 13.4. The van der Waals surface area contributed by atoms with Gasteiger partial charge in [-0.05, 0) is 6.07 Å². The highest BCUT2D eigenvalue weighted by Gasteiger charge is 2.23. The van der Waals surface area contributed by atoms with Crippen molar-refractivity contribution in [3.05, 3.63) is 35.6 Å². The molecular formula is C11H10FNO3. The fourth-order valence-electron chi connectivity index (χ4n) is 1.55. The zero-order chi connectivity index (χ0) is 11.5. The lowest BCUT2D eigenvalue weighted by molar-refractivity contribution is -0.135. The smallest absolute Gasteiger partial charge is 0.312 e. The fraction of sp³-hybridized carbons (Fsp3) is 0.273. The van der Waals surface area contributed by atoms with Crippen LogP contribution in [0.15, 0.2) is 29.3 Å². The van der Waals surface area contributed by atoms with E-state index in [1.165, 1.54) is 6.07 Å². The normalized spacial score (nSPS) is 19.1. The molecule has 1 N–H and O–H groups in total. The summed E-state index contributed by atoms with van der Waals surface area (Å²) in [6.45, 7) is 0.198. The summed E-state index contributed by atoms with van der Waals surface area (Å²) >= 11 is 0. The summed E-state index contributed by atoms with van der Waals surface area (Å²) < 4.78 is 18.5. The average Bonchev–Trinajstić information content (AvgIpc) is 2.66. The van der Waals surface area contributed by atoms with Crippen molar-refractivity contribution < 1.29 is 19.0 Å². The zero-order valence-corrected chi connectivity index (χ0v) is 8.39. The van der Waals surface area contributed by atoms with Gasteiger partial charge in [0.05, 0.1) is 0 Å². The summed E-state index contributed by atoms with van der Waals surface area (Å²) in [5.74, 6) is -1.20. The monoisotopic (exact) mass is 223 g/mol. The second-order valence-corrected chi connectivity index (χ2v) is 3.44. The Hall–Kier alpha value is -1.91. The predicted octanol–water partition coefficient (Wildman–Crippen LogP) is 1.77. The van der Waals surface area contributed by atoms with Crippen LogP contribution in [0.1, 0.15) is 18.0 Å². The Balaban J connectivity index is 2.16. The van der Waals surface area contributed by atoms with E-state index in [9.17, 15) is 9.18 Å². The first kappa shape index (κ1) is 10.6. The Kier molecular flexibility index (Phi) is 2.85. The van der Waals surface area contributed by atoms with E-state index in [4.69, 9.17) is 9.84 Å². The number of ether oxygens (including phenoxy) is 1. The van der Waals surface area contributed by atoms with E-state index in [1.54, 1.807) is 18.2 Å². The first-order valence-corrected chi connectivity index (χ1v) is 4.82. The Labute approximate surface area is 91.4 Å². The molecule has 1 aromatic carbocycles. The summed E-state index contributed by atoms with van der Waals surface area (Å²) in [6, 6.07) is 5.84. The van der Waals surface area contributed by atoms with Gasteiger partial charge in [-0.1, -0.05) is 18.2 Å². The molecule has 4 nitrogen and oxygen atoms in total. The molecule has 0 spiro atoms. The van der Waals surface area contributed by atoms with Crippen LogP contribution in [0.4, 0.5) is 4.39 Å². The van der Waals surface area contributed by atoms with Gasteiger partial charge in [0.2, 0.25) is 0 Å². The summed E-state index contributed by atoms with van der Waals surface area (Å²) in [6.07, 6.45) is -0.259. The highest BCUT2D eigenvalue weighted by atomic mass is 19.1. The average molecular weight is 223 g/mol. The largest absolute Gasteiger partial charge is 0.481 e. The van der Waals surface area contributed by atoms with Crippen LogP contribution in [0.2, 0.25) is 0 Å². The summed E-state index contributed by atoms with van der Waals surface area (Å²) in [4.78, 5) is 14.5. The zero-order valence-electron chi connectivity index (χ0n) is 8.39. The van der Waals surface area contributed by atoms with Gasteiger partial charge in [0.15, 0.2) is 5.90 Å². The van der Waals surface area contributed by atoms with Gasteiger partial charge in [0.25, 0.3) is 0 Å². The lowest BCUT2D eigenvalue weighted by Gasteiger charge is -2.05. The van der Waals surface area contributed by atoms with Crippen molar-refractivity contribution >= 4 is 11.9 Å². The molecule has 16 heavy (non-hydrogen) atoms. The number of aliphatic imine (C=N–C) groups is 1. The van der Waals surface area contributed by atoms with E-state index in [0.29, 0.717) is 5.56 Å². The molecule has 84 valence electrons. The number of carboxylic acid groups (broad SMARTS) is 1. The molecule has 0 amide bonds. The Morgan fingerprint density at radius 3 is 3.00 bits per heavy atom. The number of carbonyl (C=O) groups is 1. The van der Waals surface area contributed by atoms with Crippen LogP contribution >= 0.6 is 0 Å². The van der Waals surface area contributed by atoms with Crippen LogP contribution in [0.25, 0.3) is 0 Å². The first-order chi connectivity index (χ1) is 7.66. The van der Waals surface area contributed by atoms with Crippen molar-refractivity contribution in [2.75, 3.05) is 6.61 Å². The van der Waals surface area contributed by atoms with Gasteiger partial charge in [0.1, 0.15) is 24.9 Å². The number of halogens is 1. The lowest BCUT2D eigenvalue weighted by Crippen LogP contribution is -2.06. The van der Waals surface area contributed by atoms with Crippen molar-refractivity contribution in [1.82, 2.24) is 0 Å². The number of nitrogens with zero attached hydrogens (tertiary/aromatic N) is 1. The van der Waals surface area contributed by atoms with Crippen molar-refractivity contribution in [3.63, 3.8) is 0 Å². The van der Waals surface area contributed by atoms with Gasteiger partial charge in [-0.3, -0.25) is 4.79 Å². The molecule has 0 saturated carbocycles. The third-order valence-corrected chi connectivity index (χ3v) is 2.27. The van der Waals surface area contributed by atoms with Crippen LogP contribution in [0.3, 0.4) is 0 Å². The number of carboxylic acids is 1. The molecule has 1 aliphatic heterocycles. The first-order valence-electron chi connectivity index (χ1n) is 4.82. The molecule has 0 saturated heterocycles. The minimum atomic E-state index is -1.01. The number of hydrogen-bond donors (Lipinski definition) is 1. The van der Waals surface area contributed by atoms with Crippen LogP contribution in [-0.4, -0.2) is 23.6 Å². The molecule has 5 heteroatoms. The number of hydrogen-bond acceptors (Lipinski definition) is 3. The molecule has 1 aromatic rings. The quantitative estimate of drug-likeness (QED) is 0.849. The molecular weight excluding hydrogens is 213 g/mol. The maximum Gasteiger partial charge on any atom is 0.312 e. The standard InChI is InChI=1S/C11H10FNO3/c12-8-4-2-1-3-7(8)9-6-16-10(13-9)5-11(14)15/h1-4,9H,5-6H2,(H,14,15). The minimum Gasteiger partial charge on any atom is -0.481 e. The number of rotatable bonds is 3. The Morgan fingerprint density at radius 1 is 1.56 bits per heavy atom. The molecule has 0 aliphatic carbocycles. The van der Waals surface area contributed by atoms with E-state index in [1.807, 2.05) is 0 Å². The van der Waals surface area contributed by atoms with Gasteiger partial charge < -0.3 is 9.84 Å². The highest BCUT2D eigenvalue weighted by molar-refractivity contribution is 5.94. The van der Waals surface area contributed by atoms with Gasteiger partial charge in [0, 0.05) is 5.56 Å². The van der Waals surface area contributed by atoms with E-state index < -0.39 is 12.0 Å². The second-order valence-electron chi connectivity index (χ2n) is 3.44. The van der Waals surface area contributed by atoms with E-state index >= 15 is 0 Å². The minimum absolute atomic E-state index is 0.153. The summed E-state index contributed by atoms with van der Waals surface area (Å²) in [7, 11) is 0. The van der Waals surface area contributed by atoms with Gasteiger partial charge in [-0.15, -0.1) is 0 Å². The van der Waals surface area contributed by atoms with Crippen LogP contribution < -0.4 is 0 Å². The number of benzene rings is 1. The fourth-order valence-corrected chi connectivity index (χ4v) is 1.55.